The summed E-state index contributed by atoms with van der Waals surface area (Å²) in [5, 5.41) is 0. The molecule has 0 aromatic heterocycles. The van der Waals surface area contributed by atoms with Crippen LogP contribution in [-0.2, 0) is 5.41 Å². The summed E-state index contributed by atoms with van der Waals surface area (Å²) >= 11 is 0. The van der Waals surface area contributed by atoms with Crippen LogP contribution in [0, 0.1) is 13.8 Å². The quantitative estimate of drug-likeness (QED) is 0.147. The highest BCUT2D eigenvalue weighted by molar-refractivity contribution is 6.00. The first-order valence-corrected chi connectivity index (χ1v) is 25.4. The lowest BCUT2D eigenvalue weighted by molar-refractivity contribution is 0.443. The number of aryl methyl sites for hydroxylation is 2. The highest BCUT2D eigenvalue weighted by atomic mass is 15.1. The van der Waals surface area contributed by atoms with E-state index in [0.717, 1.165) is 17.1 Å². The molecule has 336 valence electrons. The van der Waals surface area contributed by atoms with Crippen molar-refractivity contribution in [1.82, 2.24) is 0 Å². The van der Waals surface area contributed by atoms with Crippen LogP contribution in [0.4, 0.5) is 17.1 Å². The minimum absolute atomic E-state index is 0.475. The van der Waals surface area contributed by atoms with Crippen LogP contribution in [0.1, 0.15) is 77.0 Å². The van der Waals surface area contributed by atoms with Crippen molar-refractivity contribution in [2.45, 2.75) is 57.3 Å². The third-order valence-electron chi connectivity index (χ3n) is 15.8. The predicted molar refractivity (Wildman–Crippen MR) is 294 cm³/mol. The Morgan fingerprint density at radius 1 is 0.329 bits per heavy atom. The molecule has 1 saturated carbocycles. The first kappa shape index (κ1) is 42.1. The molecule has 0 radical (unpaired) electrons. The number of anilines is 3. The Morgan fingerprint density at radius 3 is 1.43 bits per heavy atom. The summed E-state index contributed by atoms with van der Waals surface area (Å²) in [4.78, 5) is 2.52. The van der Waals surface area contributed by atoms with Gasteiger partial charge in [-0.25, -0.2) is 0 Å². The highest BCUT2D eigenvalue weighted by Gasteiger charge is 2.52. The first-order chi connectivity index (χ1) is 34.5. The maximum Gasteiger partial charge on any atom is 0.0726 e. The van der Waals surface area contributed by atoms with Gasteiger partial charge in [-0.1, -0.05) is 231 Å². The molecule has 0 unspecified atom stereocenters. The summed E-state index contributed by atoms with van der Waals surface area (Å²) < 4.78 is 0. The molecule has 3 aliphatic carbocycles. The van der Waals surface area contributed by atoms with Gasteiger partial charge in [0.2, 0.25) is 0 Å². The van der Waals surface area contributed by atoms with Crippen LogP contribution in [0.5, 0.6) is 0 Å². The fourth-order valence-electron chi connectivity index (χ4n) is 12.6. The summed E-state index contributed by atoms with van der Waals surface area (Å²) in [5.74, 6) is 0.689. The van der Waals surface area contributed by atoms with Crippen LogP contribution in [0.2, 0.25) is 0 Å². The van der Waals surface area contributed by atoms with Crippen molar-refractivity contribution >= 4 is 17.1 Å². The fraction of sp³-hybridized carbons (Fsp3) is 0.130. The van der Waals surface area contributed by atoms with E-state index in [4.69, 9.17) is 0 Å². The largest absolute Gasteiger partial charge is 0.310 e. The van der Waals surface area contributed by atoms with Crippen molar-refractivity contribution < 1.29 is 0 Å². The molecule has 1 spiro atoms. The van der Waals surface area contributed by atoms with Crippen LogP contribution in [0.15, 0.2) is 231 Å². The molecule has 1 nitrogen and oxygen atoms in total. The van der Waals surface area contributed by atoms with Crippen LogP contribution in [-0.4, -0.2) is 0 Å². The molecule has 10 aromatic carbocycles. The average Bonchev–Trinajstić information content (AvgIpc) is 3.88. The van der Waals surface area contributed by atoms with Crippen molar-refractivity contribution in [1.29, 1.82) is 0 Å². The lowest BCUT2D eigenvalue weighted by atomic mass is 9.70. The molecular formula is C69H55N. The molecule has 3 aliphatic rings. The summed E-state index contributed by atoms with van der Waals surface area (Å²) in [6.07, 6.45) is 6.68. The number of nitrogens with zero attached hydrogens (tertiary/aromatic N) is 1. The van der Waals surface area contributed by atoms with E-state index in [-0.39, 0.29) is 0 Å². The van der Waals surface area contributed by atoms with Crippen LogP contribution in [0.25, 0.3) is 66.8 Å². The van der Waals surface area contributed by atoms with Crippen molar-refractivity contribution in [3.8, 4) is 66.8 Å². The van der Waals surface area contributed by atoms with Gasteiger partial charge >= 0.3 is 0 Å². The minimum Gasteiger partial charge on any atom is -0.310 e. The number of benzene rings is 10. The molecular weight excluding hydrogens is 843 g/mol. The lowest BCUT2D eigenvalue weighted by Gasteiger charge is -2.33. The highest BCUT2D eigenvalue weighted by Crippen LogP contribution is 2.64. The molecule has 0 heterocycles. The maximum absolute atomic E-state index is 2.53. The Balaban J connectivity index is 1.02. The molecule has 1 fully saturated rings. The van der Waals surface area contributed by atoms with Crippen molar-refractivity contribution in [3.05, 3.63) is 269 Å². The van der Waals surface area contributed by atoms with Gasteiger partial charge in [-0.3, -0.25) is 0 Å². The lowest BCUT2D eigenvalue weighted by Crippen LogP contribution is -2.26. The monoisotopic (exact) mass is 897 g/mol. The van der Waals surface area contributed by atoms with E-state index in [1.54, 1.807) is 0 Å². The van der Waals surface area contributed by atoms with E-state index >= 15 is 0 Å². The van der Waals surface area contributed by atoms with E-state index in [0.29, 0.717) is 5.92 Å². The van der Waals surface area contributed by atoms with Gasteiger partial charge in [0.05, 0.1) is 11.1 Å². The zero-order valence-corrected chi connectivity index (χ0v) is 40.0. The maximum atomic E-state index is 2.53. The summed E-state index contributed by atoms with van der Waals surface area (Å²) in [6, 6.07) is 87.1. The average molecular weight is 898 g/mol. The van der Waals surface area contributed by atoms with Gasteiger partial charge < -0.3 is 4.90 Å². The molecule has 0 saturated heterocycles. The summed E-state index contributed by atoms with van der Waals surface area (Å²) in [6.45, 7) is 4.48. The van der Waals surface area contributed by atoms with Crippen molar-refractivity contribution in [2.75, 3.05) is 4.90 Å². The summed E-state index contributed by atoms with van der Waals surface area (Å²) in [5.41, 5.74) is 27.3. The first-order valence-electron chi connectivity index (χ1n) is 25.4. The molecule has 1 heteroatoms. The molecule has 13 rings (SSSR count). The standard InChI is InChI=1S/C69H55N/c1-46-29-40-60-61-41-30-47(2)44-66(61)69(65(60)43-46)64-27-15-13-25-59(64)62-42-39-54(45-67(62)69)70(53-37-35-51(36-38-53)50-33-31-49(32-34-50)48-17-5-3-6-18-48)68-28-16-14-26-63(68)58-24-12-11-23-57(58)56-22-10-9-21-55(56)52-19-7-4-8-20-52/h4,7-16,19-45,48H,3,5-6,17-18H2,1-2H3. The van der Waals surface area contributed by atoms with E-state index in [1.807, 2.05) is 0 Å². The Morgan fingerprint density at radius 2 is 0.786 bits per heavy atom. The van der Waals surface area contributed by atoms with E-state index in [1.165, 1.54) is 138 Å². The molecule has 0 N–H and O–H groups in total. The van der Waals surface area contributed by atoms with Crippen molar-refractivity contribution in [2.24, 2.45) is 0 Å². The zero-order valence-electron chi connectivity index (χ0n) is 40.0. The Kier molecular flexibility index (Phi) is 10.4. The van der Waals surface area contributed by atoms with Gasteiger partial charge in [-0.15, -0.1) is 0 Å². The van der Waals surface area contributed by atoms with Gasteiger partial charge in [0.25, 0.3) is 0 Å². The minimum atomic E-state index is -0.475. The molecule has 0 atom stereocenters. The SMILES string of the molecule is Cc1ccc2c(c1)C1(c3ccccc3-c3ccc(N(c4ccc(-c5ccc(C6CCCCC6)cc5)cc4)c4ccccc4-c4ccccc4-c4ccccc4-c4ccccc4)cc31)c1cc(C)ccc1-2. The second-order valence-electron chi connectivity index (χ2n) is 19.9. The summed E-state index contributed by atoms with van der Waals surface area (Å²) in [7, 11) is 0. The molecule has 0 amide bonds. The topological polar surface area (TPSA) is 3.24 Å². The van der Waals surface area contributed by atoms with Gasteiger partial charge in [0.1, 0.15) is 0 Å². The molecule has 0 aliphatic heterocycles. The normalized spacial score (nSPS) is 14.2. The predicted octanol–water partition coefficient (Wildman–Crippen LogP) is 18.8. The number of hydrogen-bond donors (Lipinski definition) is 0. The van der Waals surface area contributed by atoms with Gasteiger partial charge in [0, 0.05) is 16.9 Å². The second kappa shape index (κ2) is 17.2. The molecule has 0 bridgehead atoms. The number of hydrogen-bond acceptors (Lipinski definition) is 1. The Labute approximate surface area is 413 Å². The third-order valence-corrected chi connectivity index (χ3v) is 15.8. The number of fused-ring (bicyclic) bond motifs is 10. The number of rotatable bonds is 8. The second-order valence-corrected chi connectivity index (χ2v) is 19.9. The van der Waals surface area contributed by atoms with Crippen LogP contribution in [0.3, 0.4) is 0 Å². The van der Waals surface area contributed by atoms with Gasteiger partial charge in [0.15, 0.2) is 0 Å². The Bertz CT molecular complexity index is 3540. The molecule has 70 heavy (non-hydrogen) atoms. The zero-order chi connectivity index (χ0) is 46.8. The van der Waals surface area contributed by atoms with E-state index in [2.05, 4.69) is 249 Å². The van der Waals surface area contributed by atoms with Crippen molar-refractivity contribution in [3.63, 3.8) is 0 Å². The van der Waals surface area contributed by atoms with Gasteiger partial charge in [-0.2, -0.15) is 0 Å². The van der Waals surface area contributed by atoms with E-state index in [9.17, 15) is 0 Å². The van der Waals surface area contributed by atoms with Crippen LogP contribution >= 0.6 is 0 Å². The van der Waals surface area contributed by atoms with Gasteiger partial charge in [-0.05, 0) is 152 Å². The fourth-order valence-corrected chi connectivity index (χ4v) is 12.6. The smallest absolute Gasteiger partial charge is 0.0726 e. The van der Waals surface area contributed by atoms with E-state index < -0.39 is 5.41 Å². The third kappa shape index (κ3) is 6.82. The Hall–Kier alpha value is -8.00. The number of para-hydroxylation sites is 1. The van der Waals surface area contributed by atoms with Crippen LogP contribution < -0.4 is 4.90 Å². The molecule has 10 aromatic rings.